The van der Waals surface area contributed by atoms with Crippen molar-refractivity contribution in [3.05, 3.63) is 23.3 Å². The average molecular weight is 429 g/mol. The smallest absolute Gasteiger partial charge is 0.0628 e. The molecule has 4 aliphatic carbocycles. The normalized spacial score (nSPS) is 46.9. The Morgan fingerprint density at radius 2 is 1.81 bits per heavy atom. The fourth-order valence-electron chi connectivity index (χ4n) is 9.29. The monoisotopic (exact) mass is 428 g/mol. The van der Waals surface area contributed by atoms with Crippen LogP contribution in [0.2, 0.25) is 0 Å². The lowest BCUT2D eigenvalue weighted by Gasteiger charge is -2.61. The second kappa shape index (κ2) is 8.01. The summed E-state index contributed by atoms with van der Waals surface area (Å²) in [6.45, 7) is 16.3. The number of allylic oxidation sites excluding steroid dienone is 3. The maximum Gasteiger partial charge on any atom is 0.0628 e. The predicted octanol–water partition coefficient (Wildman–Crippen LogP) is 6.92. The predicted molar refractivity (Wildman–Crippen MR) is 130 cm³/mol. The van der Waals surface area contributed by atoms with E-state index in [1.807, 2.05) is 0 Å². The molecule has 0 aromatic rings. The van der Waals surface area contributed by atoms with Crippen LogP contribution >= 0.6 is 0 Å². The van der Waals surface area contributed by atoms with Crippen LogP contribution in [-0.2, 0) is 0 Å². The van der Waals surface area contributed by atoms with Gasteiger partial charge in [0.15, 0.2) is 0 Å². The van der Waals surface area contributed by atoms with Gasteiger partial charge in [0, 0.05) is 5.41 Å². The van der Waals surface area contributed by atoms with Crippen molar-refractivity contribution >= 4 is 0 Å². The van der Waals surface area contributed by atoms with E-state index >= 15 is 0 Å². The van der Waals surface area contributed by atoms with Gasteiger partial charge >= 0.3 is 0 Å². The third-order valence-corrected chi connectivity index (χ3v) is 10.8. The molecule has 0 aromatic heterocycles. The van der Waals surface area contributed by atoms with Crippen LogP contribution in [0.1, 0.15) is 99.8 Å². The highest BCUT2D eigenvalue weighted by Gasteiger charge is 2.63. The highest BCUT2D eigenvalue weighted by atomic mass is 16.3. The number of fused-ring (bicyclic) bond motifs is 5. The molecule has 0 spiro atoms. The van der Waals surface area contributed by atoms with Crippen molar-refractivity contribution in [2.24, 2.45) is 45.8 Å². The SMILES string of the molecule is CC(C)=CCC[C@@H](C)[C@H]1[C@H](O)C[C@H]2[C@@H]3CC=C4C(C)(C)[C@@H](O)CC[C@]4(C)[C@H]3CC[C@]12C. The van der Waals surface area contributed by atoms with Crippen LogP contribution in [0.4, 0.5) is 0 Å². The van der Waals surface area contributed by atoms with Crippen molar-refractivity contribution in [1.82, 2.24) is 0 Å². The topological polar surface area (TPSA) is 40.5 Å². The van der Waals surface area contributed by atoms with Gasteiger partial charge in [-0.1, -0.05) is 57.9 Å². The first-order chi connectivity index (χ1) is 14.4. The van der Waals surface area contributed by atoms with Crippen molar-refractivity contribution in [3.63, 3.8) is 0 Å². The molecular weight excluding hydrogens is 380 g/mol. The molecule has 2 N–H and O–H groups in total. The molecule has 0 bridgehead atoms. The lowest BCUT2D eigenvalue weighted by molar-refractivity contribution is -0.0804. The number of aliphatic hydroxyl groups is 2. The minimum absolute atomic E-state index is 0.101. The van der Waals surface area contributed by atoms with Gasteiger partial charge in [-0.25, -0.2) is 0 Å². The van der Waals surface area contributed by atoms with E-state index in [0.29, 0.717) is 29.6 Å². The lowest BCUT2D eigenvalue weighted by atomic mass is 9.44. The van der Waals surface area contributed by atoms with Crippen LogP contribution in [0.3, 0.4) is 0 Å². The third kappa shape index (κ3) is 3.59. The van der Waals surface area contributed by atoms with Gasteiger partial charge in [0.2, 0.25) is 0 Å². The molecule has 2 heteroatoms. The fourth-order valence-corrected chi connectivity index (χ4v) is 9.29. The van der Waals surface area contributed by atoms with Crippen molar-refractivity contribution in [2.75, 3.05) is 0 Å². The van der Waals surface area contributed by atoms with Crippen LogP contribution in [0.15, 0.2) is 23.3 Å². The zero-order valence-electron chi connectivity index (χ0n) is 21.2. The minimum atomic E-state index is -0.212. The van der Waals surface area contributed by atoms with Crippen LogP contribution in [-0.4, -0.2) is 22.4 Å². The summed E-state index contributed by atoms with van der Waals surface area (Å²) in [4.78, 5) is 0. The lowest BCUT2D eigenvalue weighted by Crippen LogP contribution is -2.54. The summed E-state index contributed by atoms with van der Waals surface area (Å²) < 4.78 is 0. The molecule has 0 saturated heterocycles. The molecule has 0 unspecified atom stereocenters. The molecular formula is C29H48O2. The Labute approximate surface area is 191 Å². The molecule has 0 radical (unpaired) electrons. The first-order valence-electron chi connectivity index (χ1n) is 13.1. The number of hydrogen-bond donors (Lipinski definition) is 2. The molecule has 3 fully saturated rings. The zero-order chi connectivity index (χ0) is 22.8. The second-order valence-electron chi connectivity index (χ2n) is 13.1. The minimum Gasteiger partial charge on any atom is -0.393 e. The van der Waals surface area contributed by atoms with E-state index in [4.69, 9.17) is 0 Å². The van der Waals surface area contributed by atoms with Gasteiger partial charge in [-0.3, -0.25) is 0 Å². The van der Waals surface area contributed by atoms with Gasteiger partial charge in [-0.15, -0.1) is 0 Å². The van der Waals surface area contributed by atoms with E-state index in [0.717, 1.165) is 32.1 Å². The summed E-state index contributed by atoms with van der Waals surface area (Å²) in [5, 5.41) is 22.0. The molecule has 3 saturated carbocycles. The molecule has 0 aromatic carbocycles. The standard InChI is InChI=1S/C29H48O2/c1-18(2)9-8-10-19(3)26-23(30)17-22-20-11-12-24-27(4,5)25(31)14-16-28(24,6)21(20)13-15-29(22,26)7/h9,12,19-23,25-26,30-31H,8,10-11,13-17H2,1-7H3/t19-,20-,21+,22+,23-,25+,26+,28-,29+/m1/s1. The molecule has 0 aliphatic heterocycles. The molecule has 0 heterocycles. The molecule has 2 nitrogen and oxygen atoms in total. The molecule has 176 valence electrons. The Kier molecular flexibility index (Phi) is 6.09. The second-order valence-corrected chi connectivity index (χ2v) is 13.1. The zero-order valence-corrected chi connectivity index (χ0v) is 21.2. The highest BCUT2D eigenvalue weighted by molar-refractivity contribution is 5.31. The van der Waals surface area contributed by atoms with E-state index in [9.17, 15) is 10.2 Å². The number of aliphatic hydroxyl groups excluding tert-OH is 2. The number of hydrogen-bond acceptors (Lipinski definition) is 2. The van der Waals surface area contributed by atoms with Crippen LogP contribution in [0, 0.1) is 45.8 Å². The van der Waals surface area contributed by atoms with Crippen molar-refractivity contribution in [2.45, 2.75) is 112 Å². The van der Waals surface area contributed by atoms with E-state index in [1.165, 1.54) is 30.4 Å². The van der Waals surface area contributed by atoms with Crippen molar-refractivity contribution < 1.29 is 10.2 Å². The van der Waals surface area contributed by atoms with Crippen LogP contribution < -0.4 is 0 Å². The maximum atomic E-state index is 11.3. The summed E-state index contributed by atoms with van der Waals surface area (Å²) in [6.07, 6.45) is 13.6. The van der Waals surface area contributed by atoms with E-state index < -0.39 is 0 Å². The summed E-state index contributed by atoms with van der Waals surface area (Å²) in [5.74, 6) is 3.06. The highest BCUT2D eigenvalue weighted by Crippen LogP contribution is 2.68. The first-order valence-corrected chi connectivity index (χ1v) is 13.1. The molecule has 0 amide bonds. The van der Waals surface area contributed by atoms with Gasteiger partial charge in [0.25, 0.3) is 0 Å². The van der Waals surface area contributed by atoms with Gasteiger partial charge < -0.3 is 10.2 Å². The van der Waals surface area contributed by atoms with Crippen molar-refractivity contribution in [1.29, 1.82) is 0 Å². The Hall–Kier alpha value is -0.600. The van der Waals surface area contributed by atoms with E-state index in [2.05, 4.69) is 60.6 Å². The molecule has 31 heavy (non-hydrogen) atoms. The Morgan fingerprint density at radius 3 is 2.48 bits per heavy atom. The van der Waals surface area contributed by atoms with Crippen LogP contribution in [0.5, 0.6) is 0 Å². The van der Waals surface area contributed by atoms with E-state index in [-0.39, 0.29) is 28.5 Å². The van der Waals surface area contributed by atoms with Gasteiger partial charge in [0.05, 0.1) is 12.2 Å². The first kappa shape index (κ1) is 23.6. The average Bonchev–Trinajstić information content (AvgIpc) is 2.95. The maximum absolute atomic E-state index is 11.3. The Bertz CT molecular complexity index is 744. The summed E-state index contributed by atoms with van der Waals surface area (Å²) in [7, 11) is 0. The van der Waals surface area contributed by atoms with Crippen molar-refractivity contribution in [3.8, 4) is 0 Å². The summed E-state index contributed by atoms with van der Waals surface area (Å²) in [5.41, 5.74) is 3.34. The molecule has 4 aliphatic rings. The molecule has 9 atom stereocenters. The fraction of sp³-hybridized carbons (Fsp3) is 0.862. The quantitative estimate of drug-likeness (QED) is 0.477. The molecule has 4 rings (SSSR count). The number of rotatable bonds is 4. The Morgan fingerprint density at radius 1 is 1.10 bits per heavy atom. The van der Waals surface area contributed by atoms with Gasteiger partial charge in [0.1, 0.15) is 0 Å². The summed E-state index contributed by atoms with van der Waals surface area (Å²) >= 11 is 0. The van der Waals surface area contributed by atoms with E-state index in [1.54, 1.807) is 0 Å². The van der Waals surface area contributed by atoms with Gasteiger partial charge in [-0.2, -0.15) is 0 Å². The third-order valence-electron chi connectivity index (χ3n) is 10.8. The van der Waals surface area contributed by atoms with Gasteiger partial charge in [-0.05, 0) is 106 Å². The van der Waals surface area contributed by atoms with Crippen LogP contribution in [0.25, 0.3) is 0 Å². The Balaban J connectivity index is 1.60. The largest absolute Gasteiger partial charge is 0.393 e. The summed E-state index contributed by atoms with van der Waals surface area (Å²) in [6, 6.07) is 0.